The Morgan fingerprint density at radius 2 is 1.84 bits per heavy atom. The lowest BCUT2D eigenvalue weighted by Crippen LogP contribution is -2.11. The van der Waals surface area contributed by atoms with Crippen LogP contribution >= 0.6 is 11.3 Å². The number of rotatable bonds is 6. The van der Waals surface area contributed by atoms with Crippen LogP contribution in [0.2, 0.25) is 0 Å². The monoisotopic (exact) mass is 426 g/mol. The molecule has 1 amide bonds. The predicted molar refractivity (Wildman–Crippen MR) is 128 cm³/mol. The summed E-state index contributed by atoms with van der Waals surface area (Å²) in [5.74, 6) is 0.456. The second-order valence-corrected chi connectivity index (χ2v) is 8.38. The molecule has 4 nitrogen and oxygen atoms in total. The molecule has 154 valence electrons. The normalized spacial score (nSPS) is 11.3. The average molecular weight is 427 g/mol. The predicted octanol–water partition coefficient (Wildman–Crippen LogP) is 6.07. The van der Waals surface area contributed by atoms with Crippen LogP contribution in [0.3, 0.4) is 0 Å². The van der Waals surface area contributed by atoms with Crippen molar-refractivity contribution >= 4 is 39.0 Å². The summed E-state index contributed by atoms with van der Waals surface area (Å²) >= 11 is 1.72. The van der Waals surface area contributed by atoms with Crippen molar-refractivity contribution < 1.29 is 9.53 Å². The first-order chi connectivity index (χ1) is 15.2. The van der Waals surface area contributed by atoms with Crippen LogP contribution in [-0.4, -0.2) is 17.1 Å². The molecule has 0 aliphatic heterocycles. The second-order valence-electron chi connectivity index (χ2n) is 7.44. The Morgan fingerprint density at radius 1 is 1.00 bits per heavy atom. The van der Waals surface area contributed by atoms with Gasteiger partial charge in [0.1, 0.15) is 5.75 Å². The summed E-state index contributed by atoms with van der Waals surface area (Å²) in [6, 6.07) is 24.5. The van der Waals surface area contributed by atoms with Gasteiger partial charge in [-0.25, -0.2) is 0 Å². The number of nitrogens with zero attached hydrogens (tertiary/aromatic N) is 1. The average Bonchev–Trinajstić information content (AvgIpc) is 3.42. The Kier molecular flexibility index (Phi) is 4.96. The molecule has 0 saturated heterocycles. The van der Waals surface area contributed by atoms with E-state index in [0.29, 0.717) is 18.7 Å². The molecule has 5 heteroatoms. The molecule has 2 aromatic heterocycles. The molecule has 0 unspecified atom stereocenters. The standard InChI is InChI=1S/C26H22N2O2S/c1-2-30-19-11-8-17(9-12-19)16-28-22-6-3-5-21(26(27)29)25(22)20-13-10-18(15-23(20)28)24-7-4-14-31-24/h3-15H,2,16H2,1H3,(H2,27,29). The number of hydrogen-bond donors (Lipinski definition) is 1. The van der Waals surface area contributed by atoms with Gasteiger partial charge in [0.15, 0.2) is 0 Å². The number of ether oxygens (including phenoxy) is 1. The van der Waals surface area contributed by atoms with Gasteiger partial charge in [-0.15, -0.1) is 11.3 Å². The van der Waals surface area contributed by atoms with E-state index >= 15 is 0 Å². The first-order valence-corrected chi connectivity index (χ1v) is 11.1. The number of fused-ring (bicyclic) bond motifs is 3. The van der Waals surface area contributed by atoms with Gasteiger partial charge in [-0.3, -0.25) is 4.79 Å². The number of carbonyl (C=O) groups is 1. The van der Waals surface area contributed by atoms with Gasteiger partial charge in [-0.1, -0.05) is 36.4 Å². The van der Waals surface area contributed by atoms with E-state index in [1.54, 1.807) is 17.4 Å². The SMILES string of the molecule is CCOc1ccc(Cn2c3cc(-c4cccs4)ccc3c3c(C(N)=O)cccc32)cc1. The van der Waals surface area contributed by atoms with Crippen LogP contribution in [0.1, 0.15) is 22.8 Å². The van der Waals surface area contributed by atoms with Crippen molar-refractivity contribution in [2.45, 2.75) is 13.5 Å². The molecule has 0 saturated carbocycles. The van der Waals surface area contributed by atoms with Gasteiger partial charge in [0.2, 0.25) is 5.91 Å². The minimum absolute atomic E-state index is 0.409. The van der Waals surface area contributed by atoms with E-state index in [-0.39, 0.29) is 0 Å². The van der Waals surface area contributed by atoms with Crippen molar-refractivity contribution in [3.8, 4) is 16.2 Å². The lowest BCUT2D eigenvalue weighted by Gasteiger charge is -2.10. The lowest BCUT2D eigenvalue weighted by molar-refractivity contribution is 0.100. The third-order valence-corrected chi connectivity index (χ3v) is 6.46. The Bertz CT molecular complexity index is 1380. The van der Waals surface area contributed by atoms with Crippen molar-refractivity contribution in [3.63, 3.8) is 0 Å². The van der Waals surface area contributed by atoms with Gasteiger partial charge in [-0.05, 0) is 59.8 Å². The summed E-state index contributed by atoms with van der Waals surface area (Å²) in [4.78, 5) is 13.4. The third kappa shape index (κ3) is 3.47. The molecule has 0 fully saturated rings. The number of benzene rings is 3. The van der Waals surface area contributed by atoms with Crippen LogP contribution in [0.25, 0.3) is 32.2 Å². The molecule has 0 atom stereocenters. The highest BCUT2D eigenvalue weighted by Crippen LogP contribution is 2.36. The highest BCUT2D eigenvalue weighted by Gasteiger charge is 2.17. The Labute approximate surface area is 184 Å². The van der Waals surface area contributed by atoms with Gasteiger partial charge in [0.25, 0.3) is 0 Å². The van der Waals surface area contributed by atoms with Crippen molar-refractivity contribution in [2.75, 3.05) is 6.61 Å². The number of nitrogens with two attached hydrogens (primary N) is 1. The van der Waals surface area contributed by atoms with Crippen LogP contribution < -0.4 is 10.5 Å². The number of primary amides is 1. The highest BCUT2D eigenvalue weighted by molar-refractivity contribution is 7.13. The fourth-order valence-electron chi connectivity index (χ4n) is 4.16. The molecule has 2 heterocycles. The first-order valence-electron chi connectivity index (χ1n) is 10.3. The summed E-state index contributed by atoms with van der Waals surface area (Å²) in [7, 11) is 0. The number of aromatic nitrogens is 1. The molecule has 3 aromatic carbocycles. The van der Waals surface area contributed by atoms with Gasteiger partial charge >= 0.3 is 0 Å². The highest BCUT2D eigenvalue weighted by atomic mass is 32.1. The minimum atomic E-state index is -0.409. The van der Waals surface area contributed by atoms with Crippen molar-refractivity contribution in [1.82, 2.24) is 4.57 Å². The maximum Gasteiger partial charge on any atom is 0.249 e. The van der Waals surface area contributed by atoms with Crippen molar-refractivity contribution in [3.05, 3.63) is 89.3 Å². The maximum absolute atomic E-state index is 12.2. The van der Waals surface area contributed by atoms with E-state index in [4.69, 9.17) is 10.5 Å². The summed E-state index contributed by atoms with van der Waals surface area (Å²) in [5.41, 5.74) is 10.7. The second kappa shape index (κ2) is 7.93. The summed E-state index contributed by atoms with van der Waals surface area (Å²) in [5, 5.41) is 4.03. The summed E-state index contributed by atoms with van der Waals surface area (Å²) < 4.78 is 7.85. The van der Waals surface area contributed by atoms with Crippen LogP contribution in [0.4, 0.5) is 0 Å². The van der Waals surface area contributed by atoms with Crippen molar-refractivity contribution in [2.24, 2.45) is 5.73 Å². The lowest BCUT2D eigenvalue weighted by atomic mass is 10.0. The number of hydrogen-bond acceptors (Lipinski definition) is 3. The molecule has 31 heavy (non-hydrogen) atoms. The van der Waals surface area contributed by atoms with Crippen LogP contribution in [0.5, 0.6) is 5.75 Å². The summed E-state index contributed by atoms with van der Waals surface area (Å²) in [6.45, 7) is 3.31. The van der Waals surface area contributed by atoms with Gasteiger partial charge in [0, 0.05) is 27.8 Å². The fourth-order valence-corrected chi connectivity index (χ4v) is 4.88. The van der Waals surface area contributed by atoms with Crippen LogP contribution in [0.15, 0.2) is 78.2 Å². The van der Waals surface area contributed by atoms with E-state index in [2.05, 4.69) is 58.5 Å². The zero-order valence-corrected chi connectivity index (χ0v) is 18.0. The van der Waals surface area contributed by atoms with E-state index in [1.807, 2.05) is 25.1 Å². The first kappa shape index (κ1) is 19.4. The Hall–Kier alpha value is -3.57. The van der Waals surface area contributed by atoms with Crippen molar-refractivity contribution in [1.29, 1.82) is 0 Å². The molecule has 2 N–H and O–H groups in total. The minimum Gasteiger partial charge on any atom is -0.494 e. The smallest absolute Gasteiger partial charge is 0.249 e. The fraction of sp³-hybridized carbons (Fsp3) is 0.115. The van der Waals surface area contributed by atoms with E-state index in [9.17, 15) is 4.79 Å². The van der Waals surface area contributed by atoms with Crippen LogP contribution in [0, 0.1) is 0 Å². The van der Waals surface area contributed by atoms with E-state index < -0.39 is 5.91 Å². The van der Waals surface area contributed by atoms with E-state index in [1.165, 1.54) is 10.4 Å². The van der Waals surface area contributed by atoms with Gasteiger partial charge < -0.3 is 15.0 Å². The maximum atomic E-state index is 12.2. The largest absolute Gasteiger partial charge is 0.494 e. The Balaban J connectivity index is 1.72. The van der Waals surface area contributed by atoms with Gasteiger partial charge in [0.05, 0.1) is 17.6 Å². The number of thiophene rings is 1. The van der Waals surface area contributed by atoms with E-state index in [0.717, 1.165) is 33.1 Å². The Morgan fingerprint density at radius 3 is 2.55 bits per heavy atom. The molecule has 0 bridgehead atoms. The zero-order chi connectivity index (χ0) is 21.4. The topological polar surface area (TPSA) is 57.2 Å². The molecule has 5 rings (SSSR count). The molecule has 0 aliphatic carbocycles. The molecule has 0 radical (unpaired) electrons. The molecular weight excluding hydrogens is 404 g/mol. The molecule has 0 spiro atoms. The van der Waals surface area contributed by atoms with Gasteiger partial charge in [-0.2, -0.15) is 0 Å². The molecule has 5 aromatic rings. The quantitative estimate of drug-likeness (QED) is 0.358. The van der Waals surface area contributed by atoms with Crippen LogP contribution in [-0.2, 0) is 6.54 Å². The molecule has 0 aliphatic rings. The zero-order valence-electron chi connectivity index (χ0n) is 17.2. The number of amides is 1. The third-order valence-electron chi connectivity index (χ3n) is 5.54. The molecular formula is C26H22N2O2S. The summed E-state index contributed by atoms with van der Waals surface area (Å²) in [6.07, 6.45) is 0. The number of carbonyl (C=O) groups excluding carboxylic acids is 1.